The zero-order valence-electron chi connectivity index (χ0n) is 29.9. The van der Waals surface area contributed by atoms with E-state index in [1.165, 1.54) is 19.3 Å². The Kier molecular flexibility index (Phi) is 27.8. The van der Waals surface area contributed by atoms with Gasteiger partial charge in [0.1, 0.15) is 19.3 Å². The number of carbonyl (C=O) groups excluding carboxylic acids is 1. The van der Waals surface area contributed by atoms with Crippen LogP contribution in [0.3, 0.4) is 0 Å². The minimum Gasteiger partial charge on any atom is -0.756 e. The number of phosphoric ester groups is 1. The Morgan fingerprint density at radius 1 is 0.761 bits per heavy atom. The van der Waals surface area contributed by atoms with Gasteiger partial charge >= 0.3 is 0 Å². The van der Waals surface area contributed by atoms with Crippen LogP contribution in [0.1, 0.15) is 129 Å². The third-order valence-electron chi connectivity index (χ3n) is 7.65. The van der Waals surface area contributed by atoms with Crippen LogP contribution >= 0.6 is 7.82 Å². The lowest BCUT2D eigenvalue weighted by Gasteiger charge is -2.31. The molecule has 9 nitrogen and oxygen atoms in total. The fourth-order valence-electron chi connectivity index (χ4n) is 4.68. The Labute approximate surface area is 281 Å². The van der Waals surface area contributed by atoms with Crippen LogP contribution in [0.15, 0.2) is 36.5 Å². The van der Waals surface area contributed by atoms with Crippen LogP contribution in [0.5, 0.6) is 0 Å². The first-order valence-electron chi connectivity index (χ1n) is 17.9. The molecule has 0 saturated heterocycles. The van der Waals surface area contributed by atoms with Gasteiger partial charge in [-0.25, -0.2) is 0 Å². The number of nitrogens with zero attached hydrogens (tertiary/aromatic N) is 1. The molecular weight excluding hydrogens is 603 g/mol. The molecule has 4 atom stereocenters. The standard InChI is InChI=1S/C36H69N2O7P/c1-6-8-10-12-14-16-18-19-20-22-24-26-28-34(39)36(41)33(32-45-46(42,43)44-31-30-38(3,4)5)37-35(40)29-27-25-23-21-17-15-13-11-9-7-2/h11,13-14,16,20,22,33-34,36,39,41H,6-10,12,15,17-19,21,23-32H2,1-5H3,(H-,37,40,42,43)/b13-11-,16-14+,22-20+. The van der Waals surface area contributed by atoms with E-state index in [-0.39, 0.29) is 18.9 Å². The highest BCUT2D eigenvalue weighted by atomic mass is 31.2. The number of aliphatic hydroxyl groups excluding tert-OH is 2. The van der Waals surface area contributed by atoms with Crippen molar-refractivity contribution in [2.24, 2.45) is 0 Å². The molecular formula is C36H69N2O7P. The van der Waals surface area contributed by atoms with Crippen LogP contribution in [0.4, 0.5) is 0 Å². The van der Waals surface area contributed by atoms with Gasteiger partial charge in [-0.2, -0.15) is 0 Å². The molecule has 0 aromatic heterocycles. The summed E-state index contributed by atoms with van der Waals surface area (Å²) in [7, 11) is 1.08. The number of unbranched alkanes of at least 4 members (excludes halogenated alkanes) is 11. The zero-order chi connectivity index (χ0) is 34.5. The molecule has 0 aromatic rings. The minimum absolute atomic E-state index is 0.0513. The number of hydrogen-bond donors (Lipinski definition) is 3. The highest BCUT2D eigenvalue weighted by Crippen LogP contribution is 2.38. The van der Waals surface area contributed by atoms with Crippen molar-refractivity contribution in [3.8, 4) is 0 Å². The highest BCUT2D eigenvalue weighted by Gasteiger charge is 2.29. The largest absolute Gasteiger partial charge is 0.756 e. The van der Waals surface area contributed by atoms with Crippen LogP contribution in [-0.4, -0.2) is 79.8 Å². The lowest BCUT2D eigenvalue weighted by Crippen LogP contribution is -2.51. The quantitative estimate of drug-likeness (QED) is 0.0309. The number of carbonyl (C=O) groups is 1. The molecule has 0 aliphatic carbocycles. The third-order valence-corrected chi connectivity index (χ3v) is 8.62. The van der Waals surface area contributed by atoms with Crippen LogP contribution in [0, 0.1) is 0 Å². The number of phosphoric acid groups is 1. The smallest absolute Gasteiger partial charge is 0.268 e. The van der Waals surface area contributed by atoms with Gasteiger partial charge in [-0.3, -0.25) is 9.36 Å². The Morgan fingerprint density at radius 3 is 1.91 bits per heavy atom. The van der Waals surface area contributed by atoms with E-state index in [2.05, 4.69) is 55.6 Å². The van der Waals surface area contributed by atoms with Crippen molar-refractivity contribution in [1.29, 1.82) is 0 Å². The molecule has 0 aliphatic heterocycles. The summed E-state index contributed by atoms with van der Waals surface area (Å²) in [6.07, 6.45) is 27.7. The minimum atomic E-state index is -4.66. The maximum atomic E-state index is 12.7. The van der Waals surface area contributed by atoms with Gasteiger partial charge in [-0.1, -0.05) is 88.8 Å². The topological polar surface area (TPSA) is 128 Å². The van der Waals surface area contributed by atoms with E-state index in [1.54, 1.807) is 0 Å². The Bertz CT molecular complexity index is 873. The number of quaternary nitrogens is 1. The maximum absolute atomic E-state index is 12.7. The molecule has 1 amide bonds. The summed E-state index contributed by atoms with van der Waals surface area (Å²) in [5.41, 5.74) is 0. The number of aliphatic hydroxyl groups is 2. The van der Waals surface area contributed by atoms with E-state index in [9.17, 15) is 24.5 Å². The van der Waals surface area contributed by atoms with Gasteiger partial charge in [0.25, 0.3) is 7.82 Å². The second kappa shape index (κ2) is 28.7. The first-order valence-corrected chi connectivity index (χ1v) is 19.4. The number of hydrogen-bond acceptors (Lipinski definition) is 7. The van der Waals surface area contributed by atoms with Crippen LogP contribution in [0.2, 0.25) is 0 Å². The van der Waals surface area contributed by atoms with Crippen molar-refractivity contribution < 1.29 is 38.0 Å². The molecule has 46 heavy (non-hydrogen) atoms. The summed E-state index contributed by atoms with van der Waals surface area (Å²) in [6.45, 7) is 4.26. The summed E-state index contributed by atoms with van der Waals surface area (Å²) < 4.78 is 22.9. The molecule has 0 saturated carbocycles. The molecule has 0 bridgehead atoms. The van der Waals surface area contributed by atoms with Crippen molar-refractivity contribution in [2.75, 3.05) is 40.9 Å². The number of likely N-dealkylation sites (N-methyl/N-ethyl adjacent to an activating group) is 1. The van der Waals surface area contributed by atoms with E-state index < -0.39 is 32.7 Å². The summed E-state index contributed by atoms with van der Waals surface area (Å²) in [6, 6.07) is -1.10. The second-order valence-corrected chi connectivity index (χ2v) is 14.7. The van der Waals surface area contributed by atoms with Gasteiger partial charge in [0.2, 0.25) is 5.91 Å². The van der Waals surface area contributed by atoms with Gasteiger partial charge in [-0.15, -0.1) is 0 Å². The Morgan fingerprint density at radius 2 is 1.30 bits per heavy atom. The fraction of sp³-hybridized carbons (Fsp3) is 0.806. The van der Waals surface area contributed by atoms with Crippen molar-refractivity contribution >= 4 is 13.7 Å². The molecule has 0 aliphatic rings. The first-order chi connectivity index (χ1) is 21.9. The maximum Gasteiger partial charge on any atom is 0.268 e. The van der Waals surface area contributed by atoms with Crippen LogP contribution < -0.4 is 10.2 Å². The highest BCUT2D eigenvalue weighted by molar-refractivity contribution is 7.45. The molecule has 0 radical (unpaired) electrons. The van der Waals surface area contributed by atoms with Crippen molar-refractivity contribution in [3.05, 3.63) is 36.5 Å². The van der Waals surface area contributed by atoms with Gasteiger partial charge in [0, 0.05) is 6.42 Å². The molecule has 0 heterocycles. The van der Waals surface area contributed by atoms with E-state index in [1.807, 2.05) is 21.1 Å². The van der Waals surface area contributed by atoms with Gasteiger partial charge in [-0.05, 0) is 70.6 Å². The monoisotopic (exact) mass is 672 g/mol. The second-order valence-electron chi connectivity index (χ2n) is 13.3. The average Bonchev–Trinajstić information content (AvgIpc) is 2.99. The van der Waals surface area contributed by atoms with E-state index in [0.717, 1.165) is 70.6 Å². The third kappa shape index (κ3) is 28.9. The van der Waals surface area contributed by atoms with Gasteiger partial charge < -0.3 is 34.0 Å². The van der Waals surface area contributed by atoms with E-state index >= 15 is 0 Å². The molecule has 10 heteroatoms. The molecule has 0 rings (SSSR count). The number of nitrogens with one attached hydrogen (secondary N) is 1. The molecule has 0 spiro atoms. The normalized spacial score (nSPS) is 15.9. The predicted octanol–water partition coefficient (Wildman–Crippen LogP) is 7.13. The van der Waals surface area contributed by atoms with Crippen molar-refractivity contribution in [2.45, 2.75) is 148 Å². The molecule has 4 unspecified atom stereocenters. The predicted molar refractivity (Wildman–Crippen MR) is 188 cm³/mol. The Hall–Kier alpha value is -1.32. The van der Waals surface area contributed by atoms with Gasteiger partial charge in [0.05, 0.1) is 39.9 Å². The lowest BCUT2D eigenvalue weighted by molar-refractivity contribution is -0.870. The molecule has 0 fully saturated rings. The van der Waals surface area contributed by atoms with E-state index in [0.29, 0.717) is 30.3 Å². The lowest BCUT2D eigenvalue weighted by atomic mass is 10.0. The summed E-state index contributed by atoms with van der Waals surface area (Å²) in [5, 5.41) is 24.3. The van der Waals surface area contributed by atoms with Crippen molar-refractivity contribution in [1.82, 2.24) is 5.32 Å². The number of allylic oxidation sites excluding steroid dienone is 6. The number of amides is 1. The molecule has 0 aromatic carbocycles. The Balaban J connectivity index is 4.77. The summed E-state index contributed by atoms with van der Waals surface area (Å²) in [5.74, 6) is -0.309. The fourth-order valence-corrected chi connectivity index (χ4v) is 5.40. The van der Waals surface area contributed by atoms with Crippen molar-refractivity contribution in [3.63, 3.8) is 0 Å². The SMILES string of the molecule is CCC/C=C\CCCCCCCC(=O)NC(COP(=O)([O-])OCC[N+](C)(C)C)C(O)C(O)CCC/C=C/CC/C=C/CCCCC. The summed E-state index contributed by atoms with van der Waals surface area (Å²) in [4.78, 5) is 25.1. The summed E-state index contributed by atoms with van der Waals surface area (Å²) >= 11 is 0. The van der Waals surface area contributed by atoms with Crippen LogP contribution in [-0.2, 0) is 18.4 Å². The first kappa shape index (κ1) is 44.7. The zero-order valence-corrected chi connectivity index (χ0v) is 30.8. The van der Waals surface area contributed by atoms with E-state index in [4.69, 9.17) is 9.05 Å². The van der Waals surface area contributed by atoms with Gasteiger partial charge in [0.15, 0.2) is 0 Å². The van der Waals surface area contributed by atoms with Crippen LogP contribution in [0.25, 0.3) is 0 Å². The number of rotatable bonds is 31. The molecule has 3 N–H and O–H groups in total. The average molecular weight is 673 g/mol. The molecule has 270 valence electrons.